The van der Waals surface area contributed by atoms with Gasteiger partial charge in [-0.1, -0.05) is 6.07 Å². The van der Waals surface area contributed by atoms with Crippen LogP contribution in [0.4, 0.5) is 5.69 Å². The van der Waals surface area contributed by atoms with Crippen molar-refractivity contribution in [3.63, 3.8) is 0 Å². The fourth-order valence-corrected chi connectivity index (χ4v) is 0.998. The predicted octanol–water partition coefficient (Wildman–Crippen LogP) is 1.57. The van der Waals surface area contributed by atoms with Gasteiger partial charge in [0.25, 0.3) is 0 Å². The van der Waals surface area contributed by atoms with E-state index in [4.69, 9.17) is 4.74 Å². The largest absolute Gasteiger partial charge is 0.495 e. The van der Waals surface area contributed by atoms with Gasteiger partial charge < -0.3 is 10.1 Å². The molecule has 0 fully saturated rings. The molecule has 12 heavy (non-hydrogen) atoms. The van der Waals surface area contributed by atoms with Crippen LogP contribution >= 0.6 is 0 Å². The van der Waals surface area contributed by atoms with Crippen LogP contribution in [0.1, 0.15) is 5.56 Å². The molecular weight excluding hydrogens is 154 g/mol. The van der Waals surface area contributed by atoms with E-state index in [1.807, 2.05) is 25.1 Å². The molecule has 0 radical (unpaired) electrons. The monoisotopic (exact) mass is 165 g/mol. The van der Waals surface area contributed by atoms with E-state index in [-0.39, 0.29) is 0 Å². The highest BCUT2D eigenvalue weighted by Gasteiger charge is 2.00. The van der Waals surface area contributed by atoms with E-state index >= 15 is 0 Å². The lowest BCUT2D eigenvalue weighted by molar-refractivity contribution is -0.105. The van der Waals surface area contributed by atoms with E-state index in [1.54, 1.807) is 7.11 Å². The summed E-state index contributed by atoms with van der Waals surface area (Å²) in [6.07, 6.45) is 0.636. The number of ether oxygens (including phenoxy) is 1. The van der Waals surface area contributed by atoms with Crippen LogP contribution in [0.5, 0.6) is 5.75 Å². The van der Waals surface area contributed by atoms with Crippen molar-refractivity contribution in [2.24, 2.45) is 0 Å². The zero-order chi connectivity index (χ0) is 8.97. The van der Waals surface area contributed by atoms with Crippen LogP contribution < -0.4 is 10.1 Å². The summed E-state index contributed by atoms with van der Waals surface area (Å²) in [6.45, 7) is 1.95. The number of benzene rings is 1. The Hall–Kier alpha value is -1.51. The molecule has 3 heteroatoms. The number of aryl methyl sites for hydroxylation is 1. The minimum atomic E-state index is 0.636. The summed E-state index contributed by atoms with van der Waals surface area (Å²) in [4.78, 5) is 10.2. The van der Waals surface area contributed by atoms with Crippen LogP contribution in [0, 0.1) is 6.92 Å². The maximum atomic E-state index is 10.2. The maximum Gasteiger partial charge on any atom is 0.211 e. The molecule has 0 bridgehead atoms. The first kappa shape index (κ1) is 8.59. The van der Waals surface area contributed by atoms with Crippen molar-refractivity contribution in [2.45, 2.75) is 6.92 Å². The summed E-state index contributed by atoms with van der Waals surface area (Å²) in [5.41, 5.74) is 1.78. The summed E-state index contributed by atoms with van der Waals surface area (Å²) in [5, 5.41) is 2.56. The third-order valence-electron chi connectivity index (χ3n) is 1.57. The molecular formula is C9H11NO2. The lowest BCUT2D eigenvalue weighted by atomic mass is 10.2. The third-order valence-corrected chi connectivity index (χ3v) is 1.57. The van der Waals surface area contributed by atoms with Crippen molar-refractivity contribution in [1.29, 1.82) is 0 Å². The van der Waals surface area contributed by atoms with Crippen molar-refractivity contribution in [3.8, 4) is 5.75 Å². The van der Waals surface area contributed by atoms with Gasteiger partial charge in [-0.05, 0) is 24.6 Å². The van der Waals surface area contributed by atoms with E-state index in [0.717, 1.165) is 5.56 Å². The van der Waals surface area contributed by atoms with Crippen LogP contribution in [0.2, 0.25) is 0 Å². The number of nitrogens with one attached hydrogen (secondary N) is 1. The molecule has 0 aromatic heterocycles. The maximum absolute atomic E-state index is 10.2. The second-order valence-corrected chi connectivity index (χ2v) is 2.47. The summed E-state index contributed by atoms with van der Waals surface area (Å²) in [6, 6.07) is 5.60. The molecule has 0 aliphatic carbocycles. The molecule has 0 saturated carbocycles. The van der Waals surface area contributed by atoms with Gasteiger partial charge in [-0.3, -0.25) is 4.79 Å². The standard InChI is InChI=1S/C9H11NO2/c1-7-3-4-9(12-2)8(5-7)10-6-11/h3-6H,1-2H3,(H,10,11). The molecule has 0 unspecified atom stereocenters. The Labute approximate surface area is 71.4 Å². The molecule has 0 heterocycles. The molecule has 64 valence electrons. The lowest BCUT2D eigenvalue weighted by Crippen LogP contribution is -1.97. The second kappa shape index (κ2) is 3.76. The molecule has 1 N–H and O–H groups in total. The summed E-state index contributed by atoms with van der Waals surface area (Å²) in [5.74, 6) is 0.674. The fourth-order valence-electron chi connectivity index (χ4n) is 0.998. The van der Waals surface area contributed by atoms with Gasteiger partial charge in [0.1, 0.15) is 5.75 Å². The third kappa shape index (κ3) is 1.75. The minimum Gasteiger partial charge on any atom is -0.495 e. The van der Waals surface area contributed by atoms with Crippen LogP contribution in [-0.4, -0.2) is 13.5 Å². The Morgan fingerprint density at radius 1 is 1.50 bits per heavy atom. The molecule has 3 nitrogen and oxygen atoms in total. The highest BCUT2D eigenvalue weighted by Crippen LogP contribution is 2.24. The van der Waals surface area contributed by atoms with Gasteiger partial charge in [0.15, 0.2) is 0 Å². The Kier molecular flexibility index (Phi) is 2.69. The molecule has 1 amide bonds. The highest BCUT2D eigenvalue weighted by molar-refractivity contribution is 5.75. The van der Waals surface area contributed by atoms with Gasteiger partial charge in [0.2, 0.25) is 6.41 Å². The molecule has 0 spiro atoms. The van der Waals surface area contributed by atoms with E-state index in [9.17, 15) is 4.79 Å². The highest BCUT2D eigenvalue weighted by atomic mass is 16.5. The molecule has 0 aliphatic rings. The first-order valence-electron chi connectivity index (χ1n) is 3.62. The van der Waals surface area contributed by atoms with Gasteiger partial charge in [-0.2, -0.15) is 0 Å². The summed E-state index contributed by atoms with van der Waals surface area (Å²) >= 11 is 0. The van der Waals surface area contributed by atoms with Gasteiger partial charge in [0.05, 0.1) is 12.8 Å². The molecule has 0 atom stereocenters. The van der Waals surface area contributed by atoms with E-state index < -0.39 is 0 Å². The topological polar surface area (TPSA) is 38.3 Å². The number of hydrogen-bond acceptors (Lipinski definition) is 2. The Bertz CT molecular complexity index is 284. The van der Waals surface area contributed by atoms with Crippen molar-refractivity contribution >= 4 is 12.1 Å². The Morgan fingerprint density at radius 3 is 2.83 bits per heavy atom. The van der Waals surface area contributed by atoms with Crippen molar-refractivity contribution in [3.05, 3.63) is 23.8 Å². The average Bonchev–Trinajstić information content (AvgIpc) is 2.05. The molecule has 0 saturated heterocycles. The predicted molar refractivity (Wildman–Crippen MR) is 47.4 cm³/mol. The summed E-state index contributed by atoms with van der Waals surface area (Å²) in [7, 11) is 1.57. The van der Waals surface area contributed by atoms with Crippen molar-refractivity contribution in [2.75, 3.05) is 12.4 Å². The zero-order valence-corrected chi connectivity index (χ0v) is 7.13. The number of carbonyl (C=O) groups excluding carboxylic acids is 1. The SMILES string of the molecule is COc1ccc(C)cc1NC=O. The second-order valence-electron chi connectivity index (χ2n) is 2.47. The molecule has 1 aromatic rings. The Balaban J connectivity index is 3.03. The van der Waals surface area contributed by atoms with Crippen LogP contribution in [0.3, 0.4) is 0 Å². The van der Waals surface area contributed by atoms with Gasteiger partial charge in [0, 0.05) is 0 Å². The number of hydrogen-bond donors (Lipinski definition) is 1. The van der Waals surface area contributed by atoms with E-state index in [1.165, 1.54) is 0 Å². The number of methoxy groups -OCH3 is 1. The number of anilines is 1. The number of amides is 1. The van der Waals surface area contributed by atoms with Crippen LogP contribution in [0.15, 0.2) is 18.2 Å². The molecule has 0 aliphatic heterocycles. The van der Waals surface area contributed by atoms with Crippen molar-refractivity contribution < 1.29 is 9.53 Å². The lowest BCUT2D eigenvalue weighted by Gasteiger charge is -2.06. The van der Waals surface area contributed by atoms with Gasteiger partial charge >= 0.3 is 0 Å². The molecule has 1 rings (SSSR count). The quantitative estimate of drug-likeness (QED) is 0.690. The van der Waals surface area contributed by atoms with Gasteiger partial charge in [-0.15, -0.1) is 0 Å². The smallest absolute Gasteiger partial charge is 0.211 e. The normalized spacial score (nSPS) is 9.17. The average molecular weight is 165 g/mol. The number of carbonyl (C=O) groups is 1. The fraction of sp³-hybridized carbons (Fsp3) is 0.222. The minimum absolute atomic E-state index is 0.636. The summed E-state index contributed by atoms with van der Waals surface area (Å²) < 4.78 is 5.03. The van der Waals surface area contributed by atoms with Crippen molar-refractivity contribution in [1.82, 2.24) is 0 Å². The first-order valence-corrected chi connectivity index (χ1v) is 3.62. The zero-order valence-electron chi connectivity index (χ0n) is 7.13. The van der Waals surface area contributed by atoms with E-state index in [0.29, 0.717) is 17.8 Å². The first-order chi connectivity index (χ1) is 5.77. The van der Waals surface area contributed by atoms with Crippen LogP contribution in [0.25, 0.3) is 0 Å². The molecule has 1 aromatic carbocycles. The Morgan fingerprint density at radius 2 is 2.25 bits per heavy atom. The van der Waals surface area contributed by atoms with E-state index in [2.05, 4.69) is 5.32 Å². The number of rotatable bonds is 3. The van der Waals surface area contributed by atoms with Crippen LogP contribution in [-0.2, 0) is 4.79 Å². The van der Waals surface area contributed by atoms with Gasteiger partial charge in [-0.25, -0.2) is 0 Å².